The van der Waals surface area contributed by atoms with Crippen LogP contribution in [0.25, 0.3) is 0 Å². The van der Waals surface area contributed by atoms with E-state index in [-0.39, 0.29) is 0 Å². The minimum Gasteiger partial charge on any atom is -0.388 e. The highest BCUT2D eigenvalue weighted by atomic mass is 16.1. The summed E-state index contributed by atoms with van der Waals surface area (Å²) in [6, 6.07) is 0.310. The van der Waals surface area contributed by atoms with Gasteiger partial charge in [-0.15, -0.1) is 0 Å². The van der Waals surface area contributed by atoms with E-state index < -0.39 is 0 Å². The van der Waals surface area contributed by atoms with Crippen molar-refractivity contribution in [3.05, 3.63) is 11.8 Å². The van der Waals surface area contributed by atoms with Gasteiger partial charge in [0.05, 0.1) is 0 Å². The molecule has 2 nitrogen and oxygen atoms in total. The summed E-state index contributed by atoms with van der Waals surface area (Å²) in [6.45, 7) is 6.11. The summed E-state index contributed by atoms with van der Waals surface area (Å²) in [5.41, 5.74) is 0.933. The van der Waals surface area contributed by atoms with Crippen LogP contribution >= 0.6 is 0 Å². The van der Waals surface area contributed by atoms with Gasteiger partial charge in [0.15, 0.2) is 5.78 Å². The highest BCUT2D eigenvalue weighted by Gasteiger charge is 2.19. The Labute approximate surface area is 67.7 Å². The number of hydrogen-bond donors (Lipinski definition) is 1. The van der Waals surface area contributed by atoms with E-state index in [0.717, 1.165) is 5.57 Å². The molecule has 1 atom stereocenters. The van der Waals surface area contributed by atoms with Gasteiger partial charge in [-0.1, -0.05) is 13.8 Å². The molecule has 0 bridgehead atoms. The Kier molecular flexibility index (Phi) is 2.32. The lowest BCUT2D eigenvalue weighted by atomic mass is 9.93. The van der Waals surface area contributed by atoms with Crippen LogP contribution in [0.2, 0.25) is 0 Å². The number of rotatable bonds is 1. The Morgan fingerprint density at radius 2 is 2.27 bits per heavy atom. The van der Waals surface area contributed by atoms with Gasteiger partial charge in [0.25, 0.3) is 0 Å². The first-order valence-corrected chi connectivity index (χ1v) is 4.10. The molecule has 1 unspecified atom stereocenters. The minimum absolute atomic E-state index is 0.297. The number of carbonyl (C=O) groups excluding carboxylic acids is 1. The van der Waals surface area contributed by atoms with Gasteiger partial charge in [-0.2, -0.15) is 0 Å². The van der Waals surface area contributed by atoms with Crippen LogP contribution < -0.4 is 5.32 Å². The highest BCUT2D eigenvalue weighted by molar-refractivity contribution is 5.96. The Balaban J connectivity index is 2.73. The number of Topliss-reactive ketones (excluding diaryl/α,β-unsaturated/α-hetero) is 1. The summed E-state index contributed by atoms with van der Waals surface area (Å²) in [6.07, 6.45) is 2.51. The topological polar surface area (TPSA) is 29.1 Å². The van der Waals surface area contributed by atoms with Crippen LogP contribution in [0.3, 0.4) is 0 Å². The molecule has 1 aliphatic heterocycles. The molecule has 0 aromatic rings. The highest BCUT2D eigenvalue weighted by Crippen LogP contribution is 2.16. The van der Waals surface area contributed by atoms with Gasteiger partial charge < -0.3 is 5.32 Å². The summed E-state index contributed by atoms with van der Waals surface area (Å²) in [5.74, 6) is 0.647. The molecule has 1 heterocycles. The third-order valence-electron chi connectivity index (χ3n) is 1.96. The maximum atomic E-state index is 11.3. The second kappa shape index (κ2) is 3.07. The monoisotopic (exact) mass is 153 g/mol. The van der Waals surface area contributed by atoms with Gasteiger partial charge in [0.2, 0.25) is 0 Å². The predicted molar refractivity (Wildman–Crippen MR) is 45.1 cm³/mol. The zero-order valence-electron chi connectivity index (χ0n) is 7.35. The van der Waals surface area contributed by atoms with Gasteiger partial charge in [0, 0.05) is 24.2 Å². The molecule has 1 rings (SSSR count). The molecule has 62 valence electrons. The molecular formula is C9H15NO. The lowest BCUT2D eigenvalue weighted by Crippen LogP contribution is -2.31. The molecule has 1 N–H and O–H groups in total. The maximum absolute atomic E-state index is 11.3. The van der Waals surface area contributed by atoms with E-state index >= 15 is 0 Å². The van der Waals surface area contributed by atoms with E-state index in [2.05, 4.69) is 5.32 Å². The first-order chi connectivity index (χ1) is 5.11. The van der Waals surface area contributed by atoms with Crippen molar-refractivity contribution in [3.8, 4) is 0 Å². The van der Waals surface area contributed by atoms with Crippen molar-refractivity contribution >= 4 is 5.78 Å². The van der Waals surface area contributed by atoms with Crippen molar-refractivity contribution in [2.24, 2.45) is 5.92 Å². The fourth-order valence-corrected chi connectivity index (χ4v) is 1.26. The standard InChI is InChI=1S/C9H15NO/c1-6(2)8-5-10-7(3)4-9(8)11/h5-7,10H,4H2,1-3H3. The third kappa shape index (κ3) is 1.82. The fourth-order valence-electron chi connectivity index (χ4n) is 1.26. The summed E-state index contributed by atoms with van der Waals surface area (Å²) >= 11 is 0. The van der Waals surface area contributed by atoms with Gasteiger partial charge in [0.1, 0.15) is 0 Å². The Morgan fingerprint density at radius 3 is 2.73 bits per heavy atom. The van der Waals surface area contributed by atoms with E-state index in [1.54, 1.807) is 0 Å². The van der Waals surface area contributed by atoms with Crippen molar-refractivity contribution < 1.29 is 4.79 Å². The van der Waals surface area contributed by atoms with Gasteiger partial charge >= 0.3 is 0 Å². The Morgan fingerprint density at radius 1 is 1.64 bits per heavy atom. The zero-order valence-corrected chi connectivity index (χ0v) is 7.35. The van der Waals surface area contributed by atoms with Crippen molar-refractivity contribution in [1.29, 1.82) is 0 Å². The lowest BCUT2D eigenvalue weighted by Gasteiger charge is -2.21. The van der Waals surface area contributed by atoms with Crippen molar-refractivity contribution in [2.45, 2.75) is 33.2 Å². The number of ketones is 1. The number of carbonyl (C=O) groups is 1. The summed E-state index contributed by atoms with van der Waals surface area (Å²) in [7, 11) is 0. The third-order valence-corrected chi connectivity index (χ3v) is 1.96. The number of hydrogen-bond acceptors (Lipinski definition) is 2. The van der Waals surface area contributed by atoms with E-state index in [1.807, 2.05) is 27.0 Å². The van der Waals surface area contributed by atoms with E-state index in [0.29, 0.717) is 24.2 Å². The molecule has 0 amide bonds. The summed E-state index contributed by atoms with van der Waals surface area (Å²) in [4.78, 5) is 11.3. The first kappa shape index (κ1) is 8.31. The number of allylic oxidation sites excluding steroid dienone is 1. The summed E-state index contributed by atoms with van der Waals surface area (Å²) in [5, 5.41) is 3.16. The SMILES string of the molecule is CC1CC(=O)C(C(C)C)=CN1. The normalized spacial score (nSPS) is 24.9. The quantitative estimate of drug-likeness (QED) is 0.618. The van der Waals surface area contributed by atoms with Gasteiger partial charge in [-0.3, -0.25) is 4.79 Å². The van der Waals surface area contributed by atoms with Gasteiger partial charge in [-0.05, 0) is 12.8 Å². The van der Waals surface area contributed by atoms with E-state index in [4.69, 9.17) is 0 Å². The van der Waals surface area contributed by atoms with Crippen LogP contribution in [0.5, 0.6) is 0 Å². The minimum atomic E-state index is 0.297. The molecule has 11 heavy (non-hydrogen) atoms. The van der Waals surface area contributed by atoms with E-state index in [1.165, 1.54) is 0 Å². The summed E-state index contributed by atoms with van der Waals surface area (Å²) < 4.78 is 0. The largest absolute Gasteiger partial charge is 0.388 e. The van der Waals surface area contributed by atoms with Crippen LogP contribution in [0.4, 0.5) is 0 Å². The maximum Gasteiger partial charge on any atom is 0.162 e. The first-order valence-electron chi connectivity index (χ1n) is 4.10. The molecule has 0 saturated heterocycles. The second-order valence-electron chi connectivity index (χ2n) is 3.45. The molecule has 0 spiro atoms. The zero-order chi connectivity index (χ0) is 8.43. The molecule has 0 fully saturated rings. The Bertz CT molecular complexity index is 194. The van der Waals surface area contributed by atoms with Crippen molar-refractivity contribution in [3.63, 3.8) is 0 Å². The van der Waals surface area contributed by atoms with Crippen LogP contribution in [-0.2, 0) is 4.79 Å². The molecule has 1 aliphatic rings. The molecule has 0 aromatic heterocycles. The average molecular weight is 153 g/mol. The van der Waals surface area contributed by atoms with Crippen LogP contribution in [0.15, 0.2) is 11.8 Å². The molecule has 0 aliphatic carbocycles. The fraction of sp³-hybridized carbons (Fsp3) is 0.667. The molecular weight excluding hydrogens is 138 g/mol. The molecule has 0 radical (unpaired) electrons. The predicted octanol–water partition coefficient (Wildman–Crippen LogP) is 1.48. The number of nitrogens with one attached hydrogen (secondary N) is 1. The van der Waals surface area contributed by atoms with Gasteiger partial charge in [-0.25, -0.2) is 0 Å². The Hall–Kier alpha value is -0.790. The second-order valence-corrected chi connectivity index (χ2v) is 3.45. The molecule has 0 aromatic carbocycles. The van der Waals surface area contributed by atoms with Crippen molar-refractivity contribution in [2.75, 3.05) is 0 Å². The van der Waals surface area contributed by atoms with E-state index in [9.17, 15) is 4.79 Å². The van der Waals surface area contributed by atoms with Crippen LogP contribution in [-0.4, -0.2) is 11.8 Å². The molecule has 2 heteroatoms. The smallest absolute Gasteiger partial charge is 0.162 e. The molecule has 0 saturated carbocycles. The lowest BCUT2D eigenvalue weighted by molar-refractivity contribution is -0.116. The van der Waals surface area contributed by atoms with Crippen molar-refractivity contribution in [1.82, 2.24) is 5.32 Å². The van der Waals surface area contributed by atoms with Crippen LogP contribution in [0, 0.1) is 5.92 Å². The van der Waals surface area contributed by atoms with Crippen LogP contribution in [0.1, 0.15) is 27.2 Å². The average Bonchev–Trinajstić information content (AvgIpc) is 1.85.